The van der Waals surface area contributed by atoms with Gasteiger partial charge in [-0.1, -0.05) is 65.9 Å². The van der Waals surface area contributed by atoms with E-state index in [2.05, 4.69) is 46.3 Å². The van der Waals surface area contributed by atoms with Gasteiger partial charge in [-0.05, 0) is 24.6 Å². The molecule has 0 fully saturated rings. The Bertz CT molecular complexity index is 1330. The van der Waals surface area contributed by atoms with Crippen molar-refractivity contribution in [2.75, 3.05) is 5.75 Å². The number of aryl methyl sites for hydroxylation is 1. The number of nitro groups is 1. The molecule has 0 radical (unpaired) electrons. The molecule has 8 nitrogen and oxygen atoms in total. The number of nitro benzene ring substituents is 1. The minimum atomic E-state index is -0.477. The third kappa shape index (κ3) is 5.64. The van der Waals surface area contributed by atoms with Crippen LogP contribution >= 0.6 is 11.8 Å². The van der Waals surface area contributed by atoms with Gasteiger partial charge in [0.15, 0.2) is 5.16 Å². The average molecular weight is 460 g/mol. The maximum atomic E-state index is 12.3. The number of nitrogens with one attached hydrogen (secondary N) is 1. The van der Waals surface area contributed by atoms with Gasteiger partial charge in [-0.2, -0.15) is 5.10 Å². The predicted octanol–water partition coefficient (Wildman–Crippen LogP) is 4.54. The molecule has 9 heteroatoms. The fourth-order valence-electron chi connectivity index (χ4n) is 3.25. The van der Waals surface area contributed by atoms with E-state index in [4.69, 9.17) is 4.98 Å². The van der Waals surface area contributed by atoms with Crippen molar-refractivity contribution < 1.29 is 9.72 Å². The van der Waals surface area contributed by atoms with Crippen LogP contribution in [0.1, 0.15) is 16.7 Å². The minimum Gasteiger partial charge on any atom is -0.314 e. The molecule has 4 aromatic rings. The molecule has 0 saturated carbocycles. The lowest BCUT2D eigenvalue weighted by molar-refractivity contribution is -0.384. The van der Waals surface area contributed by atoms with Crippen LogP contribution in [0, 0.1) is 17.0 Å². The number of hydrazone groups is 1. The number of carbonyl (C=O) groups is 1. The van der Waals surface area contributed by atoms with Gasteiger partial charge in [0, 0.05) is 17.7 Å². The van der Waals surface area contributed by atoms with E-state index in [0.29, 0.717) is 12.1 Å². The van der Waals surface area contributed by atoms with E-state index in [1.807, 2.05) is 24.3 Å². The van der Waals surface area contributed by atoms with Crippen molar-refractivity contribution in [1.29, 1.82) is 0 Å². The number of aromatic nitrogens is 2. The number of thioether (sulfide) groups is 1. The highest BCUT2D eigenvalue weighted by molar-refractivity contribution is 7.99. The fourth-order valence-corrected chi connectivity index (χ4v) is 4.06. The Hall–Kier alpha value is -3.98. The second kappa shape index (κ2) is 10.1. The summed E-state index contributed by atoms with van der Waals surface area (Å²) >= 11 is 1.33. The number of imidazole rings is 1. The lowest BCUT2D eigenvalue weighted by atomic mass is 10.1. The number of para-hydroxylation sites is 2. The van der Waals surface area contributed by atoms with Crippen LogP contribution in [-0.2, 0) is 11.3 Å². The van der Waals surface area contributed by atoms with Crippen molar-refractivity contribution in [3.63, 3.8) is 0 Å². The number of fused-ring (bicyclic) bond motifs is 1. The number of amides is 1. The van der Waals surface area contributed by atoms with Crippen LogP contribution in [-0.4, -0.2) is 32.3 Å². The molecule has 3 aromatic carbocycles. The smallest absolute Gasteiger partial charge is 0.270 e. The van der Waals surface area contributed by atoms with E-state index >= 15 is 0 Å². The van der Waals surface area contributed by atoms with E-state index in [1.165, 1.54) is 35.7 Å². The summed E-state index contributed by atoms with van der Waals surface area (Å²) in [4.78, 5) is 27.4. The van der Waals surface area contributed by atoms with Crippen LogP contribution in [0.3, 0.4) is 0 Å². The highest BCUT2D eigenvalue weighted by atomic mass is 32.2. The van der Waals surface area contributed by atoms with Gasteiger partial charge in [0.1, 0.15) is 0 Å². The summed E-state index contributed by atoms with van der Waals surface area (Å²) in [7, 11) is 0. The lowest BCUT2D eigenvalue weighted by Crippen LogP contribution is -2.20. The van der Waals surface area contributed by atoms with Crippen molar-refractivity contribution in [3.8, 4) is 0 Å². The normalized spacial score (nSPS) is 11.2. The quantitative estimate of drug-likeness (QED) is 0.180. The standard InChI is InChI=1S/C24H21N5O3S/c1-17-9-11-18(12-10-17)15-28-22-8-3-2-7-21(22)26-24(28)33-16-23(30)27-25-14-19-5-4-6-20(13-19)29(31)32/h2-14H,15-16H2,1H3,(H,27,30)/b25-14+. The summed E-state index contributed by atoms with van der Waals surface area (Å²) in [6.07, 6.45) is 1.38. The molecule has 33 heavy (non-hydrogen) atoms. The molecule has 1 aromatic heterocycles. The van der Waals surface area contributed by atoms with Crippen molar-refractivity contribution in [2.24, 2.45) is 5.10 Å². The Morgan fingerprint density at radius 2 is 1.94 bits per heavy atom. The Morgan fingerprint density at radius 3 is 2.73 bits per heavy atom. The average Bonchev–Trinajstić information content (AvgIpc) is 3.16. The van der Waals surface area contributed by atoms with E-state index in [-0.39, 0.29) is 17.3 Å². The SMILES string of the molecule is Cc1ccc(Cn2c(SCC(=O)N/N=C/c3cccc([N+](=O)[O-])c3)nc3ccccc32)cc1. The Balaban J connectivity index is 1.43. The number of hydrogen-bond donors (Lipinski definition) is 1. The number of carbonyl (C=O) groups excluding carboxylic acids is 1. The summed E-state index contributed by atoms with van der Waals surface area (Å²) in [5.41, 5.74) is 7.18. The molecule has 1 N–H and O–H groups in total. The summed E-state index contributed by atoms with van der Waals surface area (Å²) in [5, 5.41) is 15.5. The molecule has 0 atom stereocenters. The first-order valence-corrected chi connectivity index (χ1v) is 11.2. The number of benzene rings is 3. The summed E-state index contributed by atoms with van der Waals surface area (Å²) in [5.74, 6) is -0.167. The first-order chi connectivity index (χ1) is 16.0. The third-order valence-electron chi connectivity index (χ3n) is 4.90. The molecule has 0 aliphatic carbocycles. The van der Waals surface area contributed by atoms with Crippen LogP contribution in [0.4, 0.5) is 5.69 Å². The first kappa shape index (κ1) is 22.2. The maximum absolute atomic E-state index is 12.3. The lowest BCUT2D eigenvalue weighted by Gasteiger charge is -2.09. The first-order valence-electron chi connectivity index (χ1n) is 10.2. The zero-order valence-corrected chi connectivity index (χ0v) is 18.7. The van der Waals surface area contributed by atoms with E-state index in [9.17, 15) is 14.9 Å². The van der Waals surface area contributed by atoms with Gasteiger partial charge < -0.3 is 4.57 Å². The molecule has 0 unspecified atom stereocenters. The predicted molar refractivity (Wildman–Crippen MR) is 130 cm³/mol. The van der Waals surface area contributed by atoms with E-state index in [0.717, 1.165) is 21.8 Å². The van der Waals surface area contributed by atoms with Gasteiger partial charge in [0.2, 0.25) is 0 Å². The number of rotatable bonds is 8. The van der Waals surface area contributed by atoms with Gasteiger partial charge >= 0.3 is 0 Å². The summed E-state index contributed by atoms with van der Waals surface area (Å²) in [6.45, 7) is 2.70. The zero-order chi connectivity index (χ0) is 23.2. The molecule has 0 spiro atoms. The van der Waals surface area contributed by atoms with Crippen molar-refractivity contribution in [2.45, 2.75) is 18.6 Å². The highest BCUT2D eigenvalue weighted by Gasteiger charge is 2.13. The molecule has 166 valence electrons. The van der Waals surface area contributed by atoms with Crippen LogP contribution in [0.15, 0.2) is 83.1 Å². The largest absolute Gasteiger partial charge is 0.314 e. The van der Waals surface area contributed by atoms with Crippen molar-refractivity contribution in [3.05, 3.63) is 99.6 Å². The zero-order valence-electron chi connectivity index (χ0n) is 17.8. The molecular formula is C24H21N5O3S. The summed E-state index contributed by atoms with van der Waals surface area (Å²) in [6, 6.07) is 22.2. The molecule has 0 aliphatic rings. The minimum absolute atomic E-state index is 0.0340. The van der Waals surface area contributed by atoms with E-state index in [1.54, 1.807) is 12.1 Å². The van der Waals surface area contributed by atoms with Crippen LogP contribution in [0.25, 0.3) is 11.0 Å². The summed E-state index contributed by atoms with van der Waals surface area (Å²) < 4.78 is 2.10. The van der Waals surface area contributed by atoms with Gasteiger partial charge in [-0.25, -0.2) is 10.4 Å². The third-order valence-corrected chi connectivity index (χ3v) is 5.87. The van der Waals surface area contributed by atoms with Crippen molar-refractivity contribution in [1.82, 2.24) is 15.0 Å². The number of hydrogen-bond acceptors (Lipinski definition) is 6. The van der Waals surface area contributed by atoms with Crippen LogP contribution < -0.4 is 5.43 Å². The molecule has 0 saturated heterocycles. The van der Waals surface area contributed by atoms with Gasteiger partial charge in [0.25, 0.3) is 11.6 Å². The maximum Gasteiger partial charge on any atom is 0.270 e. The molecule has 1 heterocycles. The second-order valence-electron chi connectivity index (χ2n) is 7.39. The van der Waals surface area contributed by atoms with Gasteiger partial charge in [-0.3, -0.25) is 14.9 Å². The Morgan fingerprint density at radius 1 is 1.15 bits per heavy atom. The number of nitrogens with zero attached hydrogens (tertiary/aromatic N) is 4. The number of non-ortho nitro benzene ring substituents is 1. The Labute approximate surface area is 194 Å². The molecule has 4 rings (SSSR count). The van der Waals surface area contributed by atoms with Crippen LogP contribution in [0.2, 0.25) is 0 Å². The molecule has 0 bridgehead atoms. The van der Waals surface area contributed by atoms with Gasteiger partial charge in [0.05, 0.1) is 34.5 Å². The van der Waals surface area contributed by atoms with Crippen LogP contribution in [0.5, 0.6) is 0 Å². The molecular weight excluding hydrogens is 438 g/mol. The fraction of sp³-hybridized carbons (Fsp3) is 0.125. The van der Waals surface area contributed by atoms with Gasteiger partial charge in [-0.15, -0.1) is 0 Å². The van der Waals surface area contributed by atoms with E-state index < -0.39 is 4.92 Å². The monoisotopic (exact) mass is 459 g/mol. The molecule has 0 aliphatic heterocycles. The van der Waals surface area contributed by atoms with Crippen molar-refractivity contribution >= 4 is 40.6 Å². The topological polar surface area (TPSA) is 102 Å². The second-order valence-corrected chi connectivity index (χ2v) is 8.33. The Kier molecular flexibility index (Phi) is 6.80. The molecule has 1 amide bonds. The highest BCUT2D eigenvalue weighted by Crippen LogP contribution is 2.25.